The molecule has 0 fully saturated rings. The smallest absolute Gasteiger partial charge is 0.471 e. The Morgan fingerprint density at radius 1 is 1.17 bits per heavy atom. The summed E-state index contributed by atoms with van der Waals surface area (Å²) in [4.78, 5) is 23.5. The third-order valence-corrected chi connectivity index (χ3v) is 2.91. The van der Waals surface area contributed by atoms with Crippen molar-refractivity contribution in [1.82, 2.24) is 4.90 Å². The van der Waals surface area contributed by atoms with Gasteiger partial charge in [0.2, 0.25) is 0 Å². The number of carbonyl (C=O) groups excluding carboxylic acids is 2. The number of benzene rings is 1. The molecule has 0 N–H and O–H groups in total. The van der Waals surface area contributed by atoms with Gasteiger partial charge in [-0.3, -0.25) is 4.79 Å². The molecule has 0 aromatic heterocycles. The average Bonchev–Trinajstić information content (AvgIpc) is 2.50. The second-order valence-corrected chi connectivity index (χ2v) is 4.45. The zero-order chi connectivity index (χ0) is 17.5. The van der Waals surface area contributed by atoms with Crippen LogP contribution in [0.1, 0.15) is 24.2 Å². The van der Waals surface area contributed by atoms with E-state index in [4.69, 9.17) is 9.47 Å². The molecule has 0 aliphatic heterocycles. The highest BCUT2D eigenvalue weighted by Gasteiger charge is 2.41. The Labute approximate surface area is 132 Å². The molecule has 0 saturated carbocycles. The summed E-state index contributed by atoms with van der Waals surface area (Å²) in [6.45, 7) is 2.77. The van der Waals surface area contributed by atoms with E-state index in [9.17, 15) is 22.8 Å². The minimum atomic E-state index is -4.92. The highest BCUT2D eigenvalue weighted by atomic mass is 19.4. The number of para-hydroxylation sites is 1. The number of hydrogen-bond acceptors (Lipinski definition) is 4. The first kappa shape index (κ1) is 18.8. The van der Waals surface area contributed by atoms with Gasteiger partial charge in [-0.25, -0.2) is 4.79 Å². The predicted molar refractivity (Wildman–Crippen MR) is 76.2 cm³/mol. The molecule has 1 aromatic carbocycles. The number of alkyl halides is 3. The van der Waals surface area contributed by atoms with E-state index in [0.29, 0.717) is 4.90 Å². The van der Waals surface area contributed by atoms with Crippen molar-refractivity contribution in [2.45, 2.75) is 20.0 Å². The van der Waals surface area contributed by atoms with Crippen molar-refractivity contribution < 1.29 is 32.2 Å². The summed E-state index contributed by atoms with van der Waals surface area (Å²) in [5, 5.41) is 0. The minimum Gasteiger partial charge on any atom is -0.491 e. The summed E-state index contributed by atoms with van der Waals surface area (Å²) >= 11 is 0. The van der Waals surface area contributed by atoms with E-state index in [2.05, 4.69) is 0 Å². The molecular weight excluding hydrogens is 315 g/mol. The first-order valence-corrected chi connectivity index (χ1v) is 7.06. The Morgan fingerprint density at radius 2 is 1.83 bits per heavy atom. The van der Waals surface area contributed by atoms with E-state index in [1.165, 1.54) is 19.1 Å². The van der Waals surface area contributed by atoms with Crippen LogP contribution in [0.2, 0.25) is 0 Å². The van der Waals surface area contributed by atoms with Gasteiger partial charge >= 0.3 is 18.1 Å². The van der Waals surface area contributed by atoms with Crippen molar-refractivity contribution in [3.63, 3.8) is 0 Å². The zero-order valence-electron chi connectivity index (χ0n) is 12.9. The fraction of sp³-hybridized carbons (Fsp3) is 0.467. The number of halogens is 3. The van der Waals surface area contributed by atoms with Gasteiger partial charge < -0.3 is 14.4 Å². The number of ether oxygens (including phenoxy) is 2. The van der Waals surface area contributed by atoms with Crippen molar-refractivity contribution in [2.75, 3.05) is 26.3 Å². The number of nitrogens with zero attached hydrogens (tertiary/aromatic N) is 1. The molecule has 0 heterocycles. The Morgan fingerprint density at radius 3 is 2.39 bits per heavy atom. The predicted octanol–water partition coefficient (Wildman–Crippen LogP) is 2.65. The number of amides is 1. The molecule has 0 aliphatic rings. The topological polar surface area (TPSA) is 55.8 Å². The van der Waals surface area contributed by atoms with Crippen molar-refractivity contribution in [1.29, 1.82) is 0 Å². The maximum atomic E-state index is 12.4. The van der Waals surface area contributed by atoms with Crippen LogP contribution in [-0.4, -0.2) is 49.3 Å². The van der Waals surface area contributed by atoms with Crippen LogP contribution in [0, 0.1) is 0 Å². The van der Waals surface area contributed by atoms with E-state index in [0.717, 1.165) is 0 Å². The van der Waals surface area contributed by atoms with Crippen LogP contribution in [-0.2, 0) is 9.53 Å². The normalized spacial score (nSPS) is 11.0. The molecule has 0 unspecified atom stereocenters. The van der Waals surface area contributed by atoms with Crippen molar-refractivity contribution >= 4 is 11.9 Å². The summed E-state index contributed by atoms with van der Waals surface area (Å²) in [5.41, 5.74) is 0.180. The van der Waals surface area contributed by atoms with E-state index >= 15 is 0 Å². The Bertz CT molecular complexity index is 546. The number of esters is 1. The first-order valence-electron chi connectivity index (χ1n) is 7.06. The second kappa shape index (κ2) is 8.40. The summed E-state index contributed by atoms with van der Waals surface area (Å²) in [6, 6.07) is 6.24. The van der Waals surface area contributed by atoms with Crippen LogP contribution in [0.25, 0.3) is 0 Å². The maximum Gasteiger partial charge on any atom is 0.471 e. The van der Waals surface area contributed by atoms with Gasteiger partial charge in [0.15, 0.2) is 0 Å². The standard InChI is InChI=1S/C15H18F3NO4/c1-3-19(14(21)15(16,17)18)9-10-23-12-8-6-5-7-11(12)13(20)22-4-2/h5-8H,3-4,9-10H2,1-2H3. The van der Waals surface area contributed by atoms with Crippen LogP contribution < -0.4 is 4.74 Å². The molecule has 1 aromatic rings. The van der Waals surface area contributed by atoms with Crippen LogP contribution in [0.3, 0.4) is 0 Å². The van der Waals surface area contributed by atoms with Crippen LogP contribution in [0.4, 0.5) is 13.2 Å². The number of rotatable bonds is 7. The lowest BCUT2D eigenvalue weighted by molar-refractivity contribution is -0.185. The minimum absolute atomic E-state index is 0.0960. The molecule has 0 atom stereocenters. The molecule has 0 spiro atoms. The monoisotopic (exact) mass is 333 g/mol. The van der Waals surface area contributed by atoms with Crippen molar-refractivity contribution in [3.8, 4) is 5.75 Å². The lowest BCUT2D eigenvalue weighted by Crippen LogP contribution is -2.42. The molecule has 23 heavy (non-hydrogen) atoms. The highest BCUT2D eigenvalue weighted by molar-refractivity contribution is 5.92. The van der Waals surface area contributed by atoms with Gasteiger partial charge in [0.25, 0.3) is 0 Å². The molecular formula is C15H18F3NO4. The summed E-state index contributed by atoms with van der Waals surface area (Å²) in [5.74, 6) is -2.30. The SMILES string of the molecule is CCOC(=O)c1ccccc1OCCN(CC)C(=O)C(F)(F)F. The Kier molecular flexibility index (Phi) is 6.87. The highest BCUT2D eigenvalue weighted by Crippen LogP contribution is 2.20. The lowest BCUT2D eigenvalue weighted by Gasteiger charge is -2.22. The zero-order valence-corrected chi connectivity index (χ0v) is 12.9. The molecule has 1 amide bonds. The molecule has 128 valence electrons. The summed E-state index contributed by atoms with van der Waals surface area (Å²) in [7, 11) is 0. The van der Waals surface area contributed by atoms with Crippen molar-refractivity contribution in [3.05, 3.63) is 29.8 Å². The summed E-state index contributed by atoms with van der Waals surface area (Å²) < 4.78 is 47.4. The number of carbonyl (C=O) groups is 2. The summed E-state index contributed by atoms with van der Waals surface area (Å²) in [6.07, 6.45) is -4.92. The Hall–Kier alpha value is -2.25. The van der Waals surface area contributed by atoms with Gasteiger partial charge in [-0.2, -0.15) is 13.2 Å². The molecule has 0 aliphatic carbocycles. The van der Waals surface area contributed by atoms with Gasteiger partial charge in [0.1, 0.15) is 17.9 Å². The second-order valence-electron chi connectivity index (χ2n) is 4.45. The van der Waals surface area contributed by atoms with Gasteiger partial charge in [0, 0.05) is 6.54 Å². The largest absolute Gasteiger partial charge is 0.491 e. The van der Waals surface area contributed by atoms with Crippen LogP contribution in [0.15, 0.2) is 24.3 Å². The van der Waals surface area contributed by atoms with Crippen LogP contribution in [0.5, 0.6) is 5.75 Å². The third-order valence-electron chi connectivity index (χ3n) is 2.91. The van der Waals surface area contributed by atoms with Crippen molar-refractivity contribution in [2.24, 2.45) is 0 Å². The maximum absolute atomic E-state index is 12.4. The third kappa shape index (κ3) is 5.46. The fourth-order valence-corrected chi connectivity index (χ4v) is 1.82. The molecule has 0 saturated heterocycles. The molecule has 5 nitrogen and oxygen atoms in total. The van der Waals surface area contributed by atoms with Gasteiger partial charge in [-0.05, 0) is 26.0 Å². The van der Waals surface area contributed by atoms with E-state index in [1.54, 1.807) is 19.1 Å². The van der Waals surface area contributed by atoms with Gasteiger partial charge in [-0.1, -0.05) is 12.1 Å². The van der Waals surface area contributed by atoms with E-state index in [1.807, 2.05) is 0 Å². The molecule has 8 heteroatoms. The average molecular weight is 333 g/mol. The van der Waals surface area contributed by atoms with Crippen LogP contribution >= 0.6 is 0 Å². The lowest BCUT2D eigenvalue weighted by atomic mass is 10.2. The van der Waals surface area contributed by atoms with E-state index in [-0.39, 0.29) is 37.6 Å². The Balaban J connectivity index is 2.68. The van der Waals surface area contributed by atoms with Gasteiger partial charge in [0.05, 0.1) is 13.2 Å². The first-order chi connectivity index (χ1) is 10.8. The van der Waals surface area contributed by atoms with E-state index < -0.39 is 18.1 Å². The number of hydrogen-bond donors (Lipinski definition) is 0. The fourth-order valence-electron chi connectivity index (χ4n) is 1.82. The molecule has 0 radical (unpaired) electrons. The van der Waals surface area contributed by atoms with Gasteiger partial charge in [-0.15, -0.1) is 0 Å². The molecule has 1 rings (SSSR count). The molecule has 0 bridgehead atoms. The quantitative estimate of drug-likeness (QED) is 0.720. The number of likely N-dealkylation sites (N-methyl/N-ethyl adjacent to an activating group) is 1.